The fraction of sp³-hybridized carbons (Fsp3) is 0.235. The number of anilines is 1. The lowest BCUT2D eigenvalue weighted by molar-refractivity contribution is -0.129. The minimum absolute atomic E-state index is 0.0805. The summed E-state index contributed by atoms with van der Waals surface area (Å²) in [6.45, 7) is 0.579. The van der Waals surface area contributed by atoms with Crippen LogP contribution in [0, 0.1) is 0 Å². The number of nitrogens with zero attached hydrogens (tertiary/aromatic N) is 1. The molecule has 0 aliphatic rings. The van der Waals surface area contributed by atoms with E-state index in [1.165, 1.54) is 0 Å². The Morgan fingerprint density at radius 3 is 2.19 bits per heavy atom. The Hall–Kier alpha value is -2.49. The number of benzene rings is 2. The van der Waals surface area contributed by atoms with Crippen molar-refractivity contribution in [1.82, 2.24) is 4.90 Å². The maximum atomic E-state index is 12.2. The molecule has 110 valence electrons. The van der Waals surface area contributed by atoms with Gasteiger partial charge < -0.3 is 15.4 Å². The number of likely N-dealkylation sites (N-methyl/N-ethyl adjacent to an activating group) is 1. The molecule has 2 rings (SSSR count). The van der Waals surface area contributed by atoms with Crippen LogP contribution in [0.5, 0.6) is 5.75 Å². The molecule has 4 heteroatoms. The molecule has 0 radical (unpaired) electrons. The highest BCUT2D eigenvalue weighted by Gasteiger charge is 2.10. The van der Waals surface area contributed by atoms with Crippen LogP contribution in [0.25, 0.3) is 0 Å². The van der Waals surface area contributed by atoms with Gasteiger partial charge in [-0.3, -0.25) is 4.79 Å². The molecule has 0 bridgehead atoms. The van der Waals surface area contributed by atoms with Crippen molar-refractivity contribution in [3.63, 3.8) is 0 Å². The Morgan fingerprint density at radius 1 is 1.05 bits per heavy atom. The van der Waals surface area contributed by atoms with Gasteiger partial charge in [-0.2, -0.15) is 0 Å². The largest absolute Gasteiger partial charge is 0.497 e. The second-order valence-electron chi connectivity index (χ2n) is 5.02. The lowest BCUT2D eigenvalue weighted by atomic mass is 10.1. The highest BCUT2D eigenvalue weighted by molar-refractivity contribution is 5.78. The van der Waals surface area contributed by atoms with Crippen molar-refractivity contribution < 1.29 is 9.53 Å². The lowest BCUT2D eigenvalue weighted by Crippen LogP contribution is -2.27. The van der Waals surface area contributed by atoms with E-state index in [-0.39, 0.29) is 5.91 Å². The summed E-state index contributed by atoms with van der Waals surface area (Å²) in [7, 11) is 3.43. The van der Waals surface area contributed by atoms with Gasteiger partial charge in [0.15, 0.2) is 0 Å². The Kier molecular flexibility index (Phi) is 4.82. The van der Waals surface area contributed by atoms with E-state index in [1.54, 1.807) is 12.0 Å². The summed E-state index contributed by atoms with van der Waals surface area (Å²) < 4.78 is 5.10. The third-order valence-electron chi connectivity index (χ3n) is 3.34. The van der Waals surface area contributed by atoms with Crippen molar-refractivity contribution in [3.05, 3.63) is 59.7 Å². The second kappa shape index (κ2) is 6.79. The molecule has 0 spiro atoms. The smallest absolute Gasteiger partial charge is 0.227 e. The monoisotopic (exact) mass is 284 g/mol. The van der Waals surface area contributed by atoms with Gasteiger partial charge in [0.1, 0.15) is 5.75 Å². The third-order valence-corrected chi connectivity index (χ3v) is 3.34. The first-order chi connectivity index (χ1) is 10.1. The second-order valence-corrected chi connectivity index (χ2v) is 5.02. The molecule has 0 atom stereocenters. The molecule has 2 aromatic rings. The average Bonchev–Trinajstić information content (AvgIpc) is 2.50. The first-order valence-corrected chi connectivity index (χ1v) is 6.80. The molecule has 2 N–H and O–H groups in total. The molecular formula is C17H20N2O2. The van der Waals surface area contributed by atoms with Crippen LogP contribution in [0.3, 0.4) is 0 Å². The fourth-order valence-electron chi connectivity index (χ4n) is 2.04. The maximum absolute atomic E-state index is 12.2. The maximum Gasteiger partial charge on any atom is 0.227 e. The zero-order valence-electron chi connectivity index (χ0n) is 12.4. The van der Waals surface area contributed by atoms with Gasteiger partial charge in [-0.15, -0.1) is 0 Å². The fourth-order valence-corrected chi connectivity index (χ4v) is 2.04. The van der Waals surface area contributed by atoms with Crippen molar-refractivity contribution in [3.8, 4) is 5.75 Å². The molecule has 0 heterocycles. The van der Waals surface area contributed by atoms with Crippen LogP contribution in [0.4, 0.5) is 5.69 Å². The number of carbonyl (C=O) groups excluding carboxylic acids is 1. The topological polar surface area (TPSA) is 55.6 Å². The molecule has 0 saturated carbocycles. The summed E-state index contributed by atoms with van der Waals surface area (Å²) in [5, 5.41) is 0. The summed E-state index contributed by atoms with van der Waals surface area (Å²) >= 11 is 0. The zero-order chi connectivity index (χ0) is 15.2. The molecule has 0 aliphatic carbocycles. The van der Waals surface area contributed by atoms with Crippen molar-refractivity contribution in [1.29, 1.82) is 0 Å². The van der Waals surface area contributed by atoms with Crippen molar-refractivity contribution in [2.24, 2.45) is 0 Å². The average molecular weight is 284 g/mol. The number of ether oxygens (including phenoxy) is 1. The van der Waals surface area contributed by atoms with Crippen molar-refractivity contribution in [2.75, 3.05) is 19.9 Å². The number of nitrogens with two attached hydrogens (primary N) is 1. The van der Waals surface area contributed by atoms with Crippen LogP contribution < -0.4 is 10.5 Å². The first kappa shape index (κ1) is 14.9. The lowest BCUT2D eigenvalue weighted by Gasteiger charge is -2.17. The minimum atomic E-state index is 0.0805. The van der Waals surface area contributed by atoms with Crippen molar-refractivity contribution in [2.45, 2.75) is 13.0 Å². The Bertz CT molecular complexity index is 591. The van der Waals surface area contributed by atoms with E-state index in [2.05, 4.69) is 0 Å². The molecular weight excluding hydrogens is 264 g/mol. The molecule has 2 aromatic carbocycles. The van der Waals surface area contributed by atoms with Gasteiger partial charge in [0.05, 0.1) is 13.5 Å². The van der Waals surface area contributed by atoms with Gasteiger partial charge in [0, 0.05) is 19.3 Å². The first-order valence-electron chi connectivity index (χ1n) is 6.80. The number of methoxy groups -OCH3 is 1. The number of hydrogen-bond donors (Lipinski definition) is 1. The number of carbonyl (C=O) groups is 1. The van der Waals surface area contributed by atoms with E-state index < -0.39 is 0 Å². The van der Waals surface area contributed by atoms with E-state index in [0.29, 0.717) is 13.0 Å². The normalized spacial score (nSPS) is 10.2. The SMILES string of the molecule is COc1ccc(CC(=O)N(C)Cc2ccc(N)cc2)cc1. The van der Waals surface area contributed by atoms with Crippen LogP contribution in [-0.2, 0) is 17.8 Å². The summed E-state index contributed by atoms with van der Waals surface area (Å²) in [6, 6.07) is 15.1. The number of nitrogen functional groups attached to an aromatic ring is 1. The highest BCUT2D eigenvalue weighted by atomic mass is 16.5. The molecule has 0 saturated heterocycles. The van der Waals surface area contributed by atoms with Gasteiger partial charge in [0.2, 0.25) is 5.91 Å². The van der Waals surface area contributed by atoms with E-state index in [0.717, 1.165) is 22.6 Å². The molecule has 1 amide bonds. The zero-order valence-corrected chi connectivity index (χ0v) is 12.4. The van der Waals surface area contributed by atoms with E-state index >= 15 is 0 Å². The Labute approximate surface area is 125 Å². The molecule has 21 heavy (non-hydrogen) atoms. The quantitative estimate of drug-likeness (QED) is 0.858. The van der Waals surface area contributed by atoms with Gasteiger partial charge in [-0.05, 0) is 35.4 Å². The Morgan fingerprint density at radius 2 is 1.62 bits per heavy atom. The molecule has 0 fully saturated rings. The van der Waals surface area contributed by atoms with Gasteiger partial charge in [-0.25, -0.2) is 0 Å². The van der Waals surface area contributed by atoms with Crippen LogP contribution in [0.2, 0.25) is 0 Å². The van der Waals surface area contributed by atoms with Gasteiger partial charge in [-0.1, -0.05) is 24.3 Å². The molecule has 0 aromatic heterocycles. The van der Waals surface area contributed by atoms with E-state index in [4.69, 9.17) is 10.5 Å². The minimum Gasteiger partial charge on any atom is -0.497 e. The number of rotatable bonds is 5. The number of hydrogen-bond acceptors (Lipinski definition) is 3. The summed E-state index contributed by atoms with van der Waals surface area (Å²) in [5.74, 6) is 0.874. The van der Waals surface area contributed by atoms with Crippen LogP contribution in [-0.4, -0.2) is 25.0 Å². The van der Waals surface area contributed by atoms with Crippen molar-refractivity contribution >= 4 is 11.6 Å². The molecule has 4 nitrogen and oxygen atoms in total. The third kappa shape index (κ3) is 4.24. The van der Waals surface area contributed by atoms with Crippen LogP contribution in [0.15, 0.2) is 48.5 Å². The summed E-state index contributed by atoms with van der Waals surface area (Å²) in [4.78, 5) is 13.9. The molecule has 0 aliphatic heterocycles. The summed E-state index contributed by atoms with van der Waals surface area (Å²) in [5.41, 5.74) is 8.42. The van der Waals surface area contributed by atoms with Gasteiger partial charge in [0.25, 0.3) is 0 Å². The molecule has 0 unspecified atom stereocenters. The Balaban J connectivity index is 1.93. The predicted octanol–water partition coefficient (Wildman–Crippen LogP) is 2.48. The van der Waals surface area contributed by atoms with E-state index in [9.17, 15) is 4.79 Å². The van der Waals surface area contributed by atoms with E-state index in [1.807, 2.05) is 55.6 Å². The standard InChI is InChI=1S/C17H20N2O2/c1-19(12-14-3-7-15(18)8-4-14)17(20)11-13-5-9-16(21-2)10-6-13/h3-10H,11-12,18H2,1-2H3. The van der Waals surface area contributed by atoms with Gasteiger partial charge >= 0.3 is 0 Å². The predicted molar refractivity (Wildman–Crippen MR) is 84.0 cm³/mol. The summed E-state index contributed by atoms with van der Waals surface area (Å²) in [6.07, 6.45) is 0.384. The number of amides is 1. The highest BCUT2D eigenvalue weighted by Crippen LogP contribution is 2.13. The van der Waals surface area contributed by atoms with Crippen LogP contribution in [0.1, 0.15) is 11.1 Å². The van der Waals surface area contributed by atoms with Crippen LogP contribution >= 0.6 is 0 Å².